The van der Waals surface area contributed by atoms with Gasteiger partial charge in [0, 0.05) is 6.07 Å². The number of pyridine rings is 1. The molecule has 7 heteroatoms. The van der Waals surface area contributed by atoms with Gasteiger partial charge in [0.1, 0.15) is 12.1 Å². The minimum atomic E-state index is -1.19. The molecule has 2 aromatic rings. The monoisotopic (exact) mass is 260 g/mol. The van der Waals surface area contributed by atoms with Crippen molar-refractivity contribution in [3.8, 4) is 0 Å². The van der Waals surface area contributed by atoms with Gasteiger partial charge in [0.05, 0.1) is 5.56 Å². The molecular weight excluding hydrogens is 252 g/mol. The van der Waals surface area contributed by atoms with Gasteiger partial charge < -0.3 is 14.8 Å². The van der Waals surface area contributed by atoms with Gasteiger partial charge >= 0.3 is 11.6 Å². The average molecular weight is 260 g/mol. The molecule has 0 fully saturated rings. The molecule has 0 aliphatic carbocycles. The molecule has 2 N–H and O–H groups in total. The average Bonchev–Trinajstić information content (AvgIpc) is 2.39. The Hall–Kier alpha value is -2.96. The minimum Gasteiger partial charge on any atom is -0.477 e. The number of rotatable bonds is 3. The smallest absolute Gasteiger partial charge is 0.354 e. The van der Waals surface area contributed by atoms with E-state index in [1.807, 2.05) is 0 Å². The third kappa shape index (κ3) is 3.03. The van der Waals surface area contributed by atoms with Gasteiger partial charge in [-0.05, 0) is 18.2 Å². The zero-order valence-corrected chi connectivity index (χ0v) is 9.49. The van der Waals surface area contributed by atoms with Crippen LogP contribution >= 0.6 is 0 Å². The summed E-state index contributed by atoms with van der Waals surface area (Å²) < 4.78 is 4.55. The third-order valence-electron chi connectivity index (χ3n) is 2.17. The number of carbonyl (C=O) groups excluding carboxylic acids is 1. The second-order valence-electron chi connectivity index (χ2n) is 3.51. The van der Waals surface area contributed by atoms with Crippen LogP contribution < -0.4 is 10.9 Å². The first-order valence-corrected chi connectivity index (χ1v) is 5.17. The highest BCUT2D eigenvalue weighted by Crippen LogP contribution is 2.07. The highest BCUT2D eigenvalue weighted by molar-refractivity contribution is 6.03. The standard InChI is InChI=1S/C12H8N2O5/c15-10-5-4-7(6-19-10)11(16)14-9-3-1-2-8(13-9)12(17)18/h1-6H,(H,17,18)(H,13,14,16). The lowest BCUT2D eigenvalue weighted by Crippen LogP contribution is -2.14. The van der Waals surface area contributed by atoms with Crippen LogP contribution in [0.15, 0.2) is 45.8 Å². The van der Waals surface area contributed by atoms with Crippen molar-refractivity contribution in [3.05, 3.63) is 58.3 Å². The molecule has 2 rings (SSSR count). The van der Waals surface area contributed by atoms with E-state index >= 15 is 0 Å². The molecule has 0 aliphatic rings. The number of anilines is 1. The van der Waals surface area contributed by atoms with Crippen molar-refractivity contribution < 1.29 is 19.1 Å². The summed E-state index contributed by atoms with van der Waals surface area (Å²) in [5, 5.41) is 11.2. The predicted molar refractivity (Wildman–Crippen MR) is 64.1 cm³/mol. The van der Waals surface area contributed by atoms with E-state index < -0.39 is 17.5 Å². The molecule has 1 amide bonds. The molecule has 0 bridgehead atoms. The highest BCUT2D eigenvalue weighted by atomic mass is 16.4. The van der Waals surface area contributed by atoms with E-state index in [9.17, 15) is 14.4 Å². The van der Waals surface area contributed by atoms with Gasteiger partial charge in [0.25, 0.3) is 5.91 Å². The number of aromatic nitrogens is 1. The van der Waals surface area contributed by atoms with Crippen LogP contribution in [-0.2, 0) is 0 Å². The number of carbonyl (C=O) groups is 2. The van der Waals surface area contributed by atoms with Crippen LogP contribution in [0.2, 0.25) is 0 Å². The lowest BCUT2D eigenvalue weighted by atomic mass is 10.3. The molecule has 0 saturated carbocycles. The summed E-state index contributed by atoms with van der Waals surface area (Å²) in [6, 6.07) is 6.61. The van der Waals surface area contributed by atoms with Gasteiger partial charge in [-0.1, -0.05) is 6.07 Å². The fraction of sp³-hybridized carbons (Fsp3) is 0. The number of aromatic carboxylic acids is 1. The second-order valence-corrected chi connectivity index (χ2v) is 3.51. The number of nitrogens with zero attached hydrogens (tertiary/aromatic N) is 1. The van der Waals surface area contributed by atoms with Crippen LogP contribution in [-0.4, -0.2) is 22.0 Å². The highest BCUT2D eigenvalue weighted by Gasteiger charge is 2.10. The van der Waals surface area contributed by atoms with E-state index in [2.05, 4.69) is 14.7 Å². The Balaban J connectivity index is 2.19. The lowest BCUT2D eigenvalue weighted by molar-refractivity contribution is 0.0690. The summed E-state index contributed by atoms with van der Waals surface area (Å²) in [7, 11) is 0. The maximum absolute atomic E-state index is 11.7. The molecule has 0 saturated heterocycles. The predicted octanol–water partition coefficient (Wildman–Crippen LogP) is 0.985. The largest absolute Gasteiger partial charge is 0.477 e. The molecule has 0 aliphatic heterocycles. The number of hydrogen-bond acceptors (Lipinski definition) is 5. The summed E-state index contributed by atoms with van der Waals surface area (Å²) in [5.74, 6) is -1.66. The summed E-state index contributed by atoms with van der Waals surface area (Å²) in [6.07, 6.45) is 1.01. The van der Waals surface area contributed by atoms with E-state index in [1.54, 1.807) is 0 Å². The van der Waals surface area contributed by atoms with Crippen molar-refractivity contribution in [2.75, 3.05) is 5.32 Å². The molecule has 0 spiro atoms. The number of hydrogen-bond donors (Lipinski definition) is 2. The van der Waals surface area contributed by atoms with Crippen LogP contribution in [0.5, 0.6) is 0 Å². The summed E-state index contributed by atoms with van der Waals surface area (Å²) in [5.41, 5.74) is -0.623. The Labute approximate surface area is 106 Å². The van der Waals surface area contributed by atoms with E-state index in [0.29, 0.717) is 0 Å². The molecule has 0 radical (unpaired) electrons. The van der Waals surface area contributed by atoms with Crippen molar-refractivity contribution in [3.63, 3.8) is 0 Å². The van der Waals surface area contributed by atoms with Crippen molar-refractivity contribution >= 4 is 17.7 Å². The summed E-state index contributed by atoms with van der Waals surface area (Å²) in [4.78, 5) is 36.9. The van der Waals surface area contributed by atoms with Crippen molar-refractivity contribution in [2.24, 2.45) is 0 Å². The molecule has 7 nitrogen and oxygen atoms in total. The molecule has 19 heavy (non-hydrogen) atoms. The Morgan fingerprint density at radius 1 is 1.21 bits per heavy atom. The first kappa shape index (κ1) is 12.5. The van der Waals surface area contributed by atoms with E-state index in [1.165, 1.54) is 24.3 Å². The summed E-state index contributed by atoms with van der Waals surface area (Å²) in [6.45, 7) is 0. The normalized spacial score (nSPS) is 9.89. The number of carboxylic acid groups (broad SMARTS) is 1. The zero-order chi connectivity index (χ0) is 13.8. The van der Waals surface area contributed by atoms with Crippen molar-refractivity contribution in [1.82, 2.24) is 4.98 Å². The summed E-state index contributed by atoms with van der Waals surface area (Å²) >= 11 is 0. The Morgan fingerprint density at radius 2 is 2.00 bits per heavy atom. The maximum atomic E-state index is 11.7. The van der Waals surface area contributed by atoms with Crippen molar-refractivity contribution in [2.45, 2.75) is 0 Å². The first-order valence-electron chi connectivity index (χ1n) is 5.17. The number of carboxylic acids is 1. The zero-order valence-electron chi connectivity index (χ0n) is 9.49. The van der Waals surface area contributed by atoms with Gasteiger partial charge in [0.15, 0.2) is 5.69 Å². The molecule has 0 atom stereocenters. The Kier molecular flexibility index (Phi) is 3.37. The van der Waals surface area contributed by atoms with E-state index in [4.69, 9.17) is 5.11 Å². The molecule has 0 aromatic carbocycles. The fourth-order valence-electron chi connectivity index (χ4n) is 1.30. The van der Waals surface area contributed by atoms with E-state index in [0.717, 1.165) is 12.3 Å². The van der Waals surface area contributed by atoms with Gasteiger partial charge in [-0.3, -0.25) is 4.79 Å². The second kappa shape index (κ2) is 5.13. The minimum absolute atomic E-state index is 0.0936. The van der Waals surface area contributed by atoms with Crippen molar-refractivity contribution in [1.29, 1.82) is 0 Å². The molecular formula is C12H8N2O5. The topological polar surface area (TPSA) is 110 Å². The van der Waals surface area contributed by atoms with Crippen LogP contribution in [0, 0.1) is 0 Å². The molecule has 2 aromatic heterocycles. The van der Waals surface area contributed by atoms with E-state index in [-0.39, 0.29) is 17.1 Å². The number of nitrogens with one attached hydrogen (secondary N) is 1. The van der Waals surface area contributed by atoms with Crippen LogP contribution in [0.1, 0.15) is 20.8 Å². The Morgan fingerprint density at radius 3 is 2.63 bits per heavy atom. The number of amides is 1. The maximum Gasteiger partial charge on any atom is 0.354 e. The molecule has 96 valence electrons. The Bertz CT molecular complexity index is 672. The first-order chi connectivity index (χ1) is 9.06. The van der Waals surface area contributed by atoms with Gasteiger partial charge in [-0.2, -0.15) is 0 Å². The third-order valence-corrected chi connectivity index (χ3v) is 2.17. The SMILES string of the molecule is O=C(Nc1cccc(C(=O)O)n1)c1ccc(=O)oc1. The van der Waals surface area contributed by atoms with Crippen LogP contribution in [0.3, 0.4) is 0 Å². The fourth-order valence-corrected chi connectivity index (χ4v) is 1.30. The van der Waals surface area contributed by atoms with Gasteiger partial charge in [-0.15, -0.1) is 0 Å². The van der Waals surface area contributed by atoms with Gasteiger partial charge in [0.2, 0.25) is 0 Å². The quantitative estimate of drug-likeness (QED) is 0.851. The molecule has 2 heterocycles. The van der Waals surface area contributed by atoms with Crippen LogP contribution in [0.25, 0.3) is 0 Å². The van der Waals surface area contributed by atoms with Gasteiger partial charge in [-0.25, -0.2) is 14.6 Å². The van der Waals surface area contributed by atoms with Crippen LogP contribution in [0.4, 0.5) is 5.82 Å². The molecule has 0 unspecified atom stereocenters. The lowest BCUT2D eigenvalue weighted by Gasteiger charge is -2.04.